The Kier molecular flexibility index (Phi) is 2.62. The number of hydrogen-bond donors (Lipinski definition) is 1. The second-order valence-electron chi connectivity index (χ2n) is 3.21. The van der Waals surface area contributed by atoms with E-state index in [0.717, 1.165) is 0 Å². The number of aryl methyl sites for hydroxylation is 1. The van der Waals surface area contributed by atoms with Gasteiger partial charge in [0.1, 0.15) is 5.69 Å². The first-order chi connectivity index (χ1) is 7.58. The van der Waals surface area contributed by atoms with Gasteiger partial charge >= 0.3 is 5.97 Å². The molecule has 0 amide bonds. The van der Waals surface area contributed by atoms with Crippen LogP contribution in [0.3, 0.4) is 0 Å². The summed E-state index contributed by atoms with van der Waals surface area (Å²) in [6.45, 7) is 1.78. The molecule has 0 saturated heterocycles. The van der Waals surface area contributed by atoms with Gasteiger partial charge in [-0.15, -0.1) is 0 Å². The van der Waals surface area contributed by atoms with Crippen molar-refractivity contribution in [3.63, 3.8) is 0 Å². The molecule has 0 spiro atoms. The molecule has 2 aromatic rings. The van der Waals surface area contributed by atoms with Crippen LogP contribution in [0.5, 0.6) is 0 Å². The first-order valence-corrected chi connectivity index (χ1v) is 4.87. The highest BCUT2D eigenvalue weighted by Gasteiger charge is 2.08. The Morgan fingerprint density at radius 1 is 1.56 bits per heavy atom. The second-order valence-corrected chi connectivity index (χ2v) is 3.62. The number of carboxylic acids is 1. The zero-order valence-electron chi connectivity index (χ0n) is 8.38. The minimum Gasteiger partial charge on any atom is -0.477 e. The fourth-order valence-corrected chi connectivity index (χ4v) is 1.38. The quantitative estimate of drug-likeness (QED) is 0.867. The molecule has 2 heterocycles. The zero-order valence-corrected chi connectivity index (χ0v) is 9.14. The lowest BCUT2D eigenvalue weighted by Crippen LogP contribution is -2.03. The fraction of sp³-hybridized carbons (Fsp3) is 0.100. The average Bonchev–Trinajstić information content (AvgIpc) is 2.59. The van der Waals surface area contributed by atoms with Crippen LogP contribution < -0.4 is 0 Å². The number of carbonyl (C=O) groups is 1. The first kappa shape index (κ1) is 10.6. The van der Waals surface area contributed by atoms with Crippen LogP contribution in [0.1, 0.15) is 16.2 Å². The van der Waals surface area contributed by atoms with Crippen molar-refractivity contribution in [2.75, 3.05) is 0 Å². The van der Waals surface area contributed by atoms with Crippen molar-refractivity contribution in [2.24, 2.45) is 0 Å². The van der Waals surface area contributed by atoms with Gasteiger partial charge in [0, 0.05) is 12.4 Å². The first-order valence-electron chi connectivity index (χ1n) is 4.49. The summed E-state index contributed by atoms with van der Waals surface area (Å²) in [4.78, 5) is 14.5. The van der Waals surface area contributed by atoms with E-state index in [-0.39, 0.29) is 5.69 Å². The van der Waals surface area contributed by atoms with Crippen LogP contribution in [-0.2, 0) is 0 Å². The third kappa shape index (κ3) is 1.90. The molecule has 0 aromatic carbocycles. The lowest BCUT2D eigenvalue weighted by Gasteiger charge is -2.01. The fourth-order valence-electron chi connectivity index (χ4n) is 1.25. The molecule has 0 bridgehead atoms. The van der Waals surface area contributed by atoms with E-state index in [1.54, 1.807) is 19.2 Å². The Hall–Kier alpha value is -1.88. The predicted molar refractivity (Wildman–Crippen MR) is 58.1 cm³/mol. The summed E-state index contributed by atoms with van der Waals surface area (Å²) in [7, 11) is 0. The molecule has 0 saturated carbocycles. The van der Waals surface area contributed by atoms with Gasteiger partial charge in [0.05, 0.1) is 16.4 Å². The van der Waals surface area contributed by atoms with Gasteiger partial charge in [0.25, 0.3) is 0 Å². The smallest absolute Gasteiger partial charge is 0.354 e. The van der Waals surface area contributed by atoms with E-state index in [1.807, 2.05) is 0 Å². The van der Waals surface area contributed by atoms with E-state index >= 15 is 0 Å². The van der Waals surface area contributed by atoms with Crippen molar-refractivity contribution in [1.82, 2.24) is 14.8 Å². The number of rotatable bonds is 2. The molecule has 0 aliphatic rings. The molecule has 1 N–H and O–H groups in total. The number of hydrogen-bond acceptors (Lipinski definition) is 3. The van der Waals surface area contributed by atoms with E-state index in [0.29, 0.717) is 16.4 Å². The summed E-state index contributed by atoms with van der Waals surface area (Å²) >= 11 is 5.87. The molecule has 0 unspecified atom stereocenters. The van der Waals surface area contributed by atoms with Gasteiger partial charge in [-0.3, -0.25) is 0 Å². The van der Waals surface area contributed by atoms with Gasteiger partial charge in [-0.25, -0.2) is 14.5 Å². The molecular formula is C10H8ClN3O2. The normalized spacial score (nSPS) is 10.4. The van der Waals surface area contributed by atoms with Crippen molar-refractivity contribution in [1.29, 1.82) is 0 Å². The van der Waals surface area contributed by atoms with Gasteiger partial charge in [-0.05, 0) is 19.1 Å². The summed E-state index contributed by atoms with van der Waals surface area (Å²) in [5.41, 5.74) is 1.28. The Labute approximate surface area is 96.3 Å². The zero-order chi connectivity index (χ0) is 11.7. The van der Waals surface area contributed by atoms with Crippen LogP contribution in [0, 0.1) is 6.92 Å². The van der Waals surface area contributed by atoms with E-state index in [1.165, 1.54) is 16.9 Å². The van der Waals surface area contributed by atoms with Crippen molar-refractivity contribution >= 4 is 17.6 Å². The highest BCUT2D eigenvalue weighted by atomic mass is 35.5. The number of nitrogens with zero attached hydrogens (tertiary/aromatic N) is 3. The highest BCUT2D eigenvalue weighted by Crippen LogP contribution is 2.16. The molecule has 2 aromatic heterocycles. The summed E-state index contributed by atoms with van der Waals surface area (Å²) in [6.07, 6.45) is 3.04. The van der Waals surface area contributed by atoms with Gasteiger partial charge < -0.3 is 5.11 Å². The molecule has 2 rings (SSSR count). The van der Waals surface area contributed by atoms with Crippen molar-refractivity contribution in [3.8, 4) is 5.69 Å². The SMILES string of the molecule is Cc1nn(-c2ccnc(C(=O)O)c2)cc1Cl. The molecule has 5 nitrogen and oxygen atoms in total. The maximum absolute atomic E-state index is 10.7. The van der Waals surface area contributed by atoms with Gasteiger partial charge in [0.15, 0.2) is 0 Å². The maximum Gasteiger partial charge on any atom is 0.354 e. The number of aromatic nitrogens is 3. The van der Waals surface area contributed by atoms with Crippen molar-refractivity contribution in [2.45, 2.75) is 6.92 Å². The highest BCUT2D eigenvalue weighted by molar-refractivity contribution is 6.31. The summed E-state index contributed by atoms with van der Waals surface area (Å²) in [5.74, 6) is -1.07. The predicted octanol–water partition coefficient (Wildman–Crippen LogP) is 1.93. The molecule has 0 fully saturated rings. The second kappa shape index (κ2) is 3.94. The van der Waals surface area contributed by atoms with Gasteiger partial charge in [0.2, 0.25) is 0 Å². The van der Waals surface area contributed by atoms with Crippen LogP contribution in [0.25, 0.3) is 5.69 Å². The third-order valence-electron chi connectivity index (χ3n) is 2.07. The largest absolute Gasteiger partial charge is 0.477 e. The van der Waals surface area contributed by atoms with Crippen LogP contribution >= 0.6 is 11.6 Å². The molecule has 0 aliphatic carbocycles. The molecular weight excluding hydrogens is 230 g/mol. The minimum absolute atomic E-state index is 0.0261. The number of pyridine rings is 1. The Balaban J connectivity index is 2.48. The number of halogens is 1. The van der Waals surface area contributed by atoms with E-state index in [9.17, 15) is 4.79 Å². The van der Waals surface area contributed by atoms with Gasteiger partial charge in [-0.2, -0.15) is 5.10 Å². The average molecular weight is 238 g/mol. The van der Waals surface area contributed by atoms with Crippen molar-refractivity contribution in [3.05, 3.63) is 40.9 Å². The molecule has 0 radical (unpaired) electrons. The molecule has 16 heavy (non-hydrogen) atoms. The summed E-state index contributed by atoms with van der Waals surface area (Å²) in [6, 6.07) is 3.10. The molecule has 0 aliphatic heterocycles. The minimum atomic E-state index is -1.07. The Morgan fingerprint density at radius 2 is 2.31 bits per heavy atom. The Bertz CT molecular complexity index is 531. The standard InChI is InChI=1S/C10H8ClN3O2/c1-6-8(11)5-14(13-6)7-2-3-12-9(4-7)10(15)16/h2-5H,1H3,(H,15,16). The Morgan fingerprint density at radius 3 is 2.88 bits per heavy atom. The maximum atomic E-state index is 10.7. The van der Waals surface area contributed by atoms with Crippen molar-refractivity contribution < 1.29 is 9.90 Å². The monoisotopic (exact) mass is 237 g/mol. The third-order valence-corrected chi connectivity index (χ3v) is 2.44. The van der Waals surface area contributed by atoms with Crippen LogP contribution in [0.4, 0.5) is 0 Å². The van der Waals surface area contributed by atoms with Crippen LogP contribution in [-0.4, -0.2) is 25.8 Å². The van der Waals surface area contributed by atoms with E-state index < -0.39 is 5.97 Å². The summed E-state index contributed by atoms with van der Waals surface area (Å²) < 4.78 is 1.52. The van der Waals surface area contributed by atoms with Gasteiger partial charge in [-0.1, -0.05) is 11.6 Å². The lowest BCUT2D eigenvalue weighted by atomic mass is 10.3. The number of carboxylic acid groups (broad SMARTS) is 1. The molecule has 6 heteroatoms. The molecule has 82 valence electrons. The summed E-state index contributed by atoms with van der Waals surface area (Å²) in [5, 5.41) is 13.5. The van der Waals surface area contributed by atoms with E-state index in [2.05, 4.69) is 10.1 Å². The van der Waals surface area contributed by atoms with E-state index in [4.69, 9.17) is 16.7 Å². The topological polar surface area (TPSA) is 68.0 Å². The lowest BCUT2D eigenvalue weighted by molar-refractivity contribution is 0.0690. The van der Waals surface area contributed by atoms with Crippen LogP contribution in [0.2, 0.25) is 5.02 Å². The number of aromatic carboxylic acids is 1. The molecule has 0 atom stereocenters. The van der Waals surface area contributed by atoms with Crippen LogP contribution in [0.15, 0.2) is 24.5 Å².